The van der Waals surface area contributed by atoms with Crippen molar-refractivity contribution >= 4 is 21.6 Å². The minimum atomic E-state index is -3.47. The van der Waals surface area contributed by atoms with Gasteiger partial charge in [0.15, 0.2) is 0 Å². The van der Waals surface area contributed by atoms with Gasteiger partial charge in [-0.3, -0.25) is 0 Å². The molecule has 2 rings (SSSR count). The minimum Gasteiger partial charge on any atom is -0.381 e. The summed E-state index contributed by atoms with van der Waals surface area (Å²) in [6, 6.07) is 4.91. The first-order chi connectivity index (χ1) is 9.98. The second-order valence-electron chi connectivity index (χ2n) is 5.12. The highest BCUT2D eigenvalue weighted by Gasteiger charge is 2.29. The fourth-order valence-corrected chi connectivity index (χ4v) is 4.29. The molecule has 5 nitrogen and oxygen atoms in total. The molecule has 0 spiro atoms. The number of nitrogens with zero attached hydrogens (tertiary/aromatic N) is 1. The van der Waals surface area contributed by atoms with Gasteiger partial charge in [0, 0.05) is 31.8 Å². The molecule has 1 fully saturated rings. The summed E-state index contributed by atoms with van der Waals surface area (Å²) in [5.41, 5.74) is 0.885. The zero-order valence-electron chi connectivity index (χ0n) is 12.3. The van der Waals surface area contributed by atoms with Crippen molar-refractivity contribution in [1.82, 2.24) is 9.62 Å². The number of benzene rings is 1. The van der Waals surface area contributed by atoms with Gasteiger partial charge in [-0.25, -0.2) is 8.42 Å². The molecule has 118 valence electrons. The maximum atomic E-state index is 12.6. The number of rotatable bonds is 5. The van der Waals surface area contributed by atoms with Crippen molar-refractivity contribution in [2.45, 2.75) is 30.4 Å². The number of sulfonamides is 1. The molecule has 0 saturated carbocycles. The third-order valence-electron chi connectivity index (χ3n) is 3.76. The maximum absolute atomic E-state index is 12.6. The van der Waals surface area contributed by atoms with Crippen LogP contribution in [-0.4, -0.2) is 46.1 Å². The quantitative estimate of drug-likeness (QED) is 0.894. The van der Waals surface area contributed by atoms with Crippen LogP contribution >= 0.6 is 11.6 Å². The zero-order chi connectivity index (χ0) is 15.5. The van der Waals surface area contributed by atoms with Crippen molar-refractivity contribution < 1.29 is 13.2 Å². The highest BCUT2D eigenvalue weighted by atomic mass is 35.5. The van der Waals surface area contributed by atoms with Gasteiger partial charge in [-0.1, -0.05) is 17.7 Å². The third-order valence-corrected chi connectivity index (χ3v) is 6.01. The van der Waals surface area contributed by atoms with Crippen molar-refractivity contribution in [3.05, 3.63) is 28.8 Å². The Morgan fingerprint density at radius 1 is 1.38 bits per heavy atom. The number of methoxy groups -OCH3 is 1. The molecule has 1 aromatic carbocycles. The summed E-state index contributed by atoms with van der Waals surface area (Å²) >= 11 is 6.16. The van der Waals surface area contributed by atoms with E-state index in [9.17, 15) is 8.42 Å². The number of halogens is 1. The monoisotopic (exact) mass is 332 g/mol. The van der Waals surface area contributed by atoms with E-state index < -0.39 is 10.0 Å². The average Bonchev–Trinajstić information content (AvgIpc) is 2.49. The van der Waals surface area contributed by atoms with E-state index in [1.165, 1.54) is 10.4 Å². The lowest BCUT2D eigenvalue weighted by Gasteiger charge is -2.30. The van der Waals surface area contributed by atoms with Crippen LogP contribution in [0.4, 0.5) is 0 Å². The normalized spacial score (nSPS) is 18.0. The molecular formula is C14H21ClN2O3S. The van der Waals surface area contributed by atoms with Gasteiger partial charge in [0.25, 0.3) is 0 Å². The number of hydrogen-bond acceptors (Lipinski definition) is 4. The number of hydrogen-bond donors (Lipinski definition) is 1. The van der Waals surface area contributed by atoms with Crippen molar-refractivity contribution in [3.63, 3.8) is 0 Å². The molecule has 1 saturated heterocycles. The summed E-state index contributed by atoms with van der Waals surface area (Å²) in [4.78, 5) is 0.253. The SMILES string of the molecule is CNCc1ccc(S(=O)(=O)N2CCC(OC)CC2)cc1Cl. The third kappa shape index (κ3) is 3.76. The Bertz CT molecular complexity index is 584. The molecule has 1 heterocycles. The summed E-state index contributed by atoms with van der Waals surface area (Å²) in [7, 11) is 0.00721. The molecule has 0 aliphatic carbocycles. The summed E-state index contributed by atoms with van der Waals surface area (Å²) in [5, 5.41) is 3.47. The van der Waals surface area contributed by atoms with Crippen LogP contribution in [0.1, 0.15) is 18.4 Å². The summed E-state index contributed by atoms with van der Waals surface area (Å²) in [6.07, 6.45) is 1.60. The van der Waals surface area contributed by atoms with Crippen LogP contribution in [0.5, 0.6) is 0 Å². The molecular weight excluding hydrogens is 312 g/mol. The zero-order valence-corrected chi connectivity index (χ0v) is 13.9. The molecule has 0 amide bonds. The first kappa shape index (κ1) is 16.7. The molecule has 1 aliphatic rings. The largest absolute Gasteiger partial charge is 0.381 e. The van der Waals surface area contributed by atoms with Gasteiger partial charge >= 0.3 is 0 Å². The average molecular weight is 333 g/mol. The molecule has 7 heteroatoms. The lowest BCUT2D eigenvalue weighted by Crippen LogP contribution is -2.40. The van der Waals surface area contributed by atoms with Crippen LogP contribution in [0.15, 0.2) is 23.1 Å². The predicted molar refractivity (Wildman–Crippen MR) is 83.0 cm³/mol. The number of nitrogens with one attached hydrogen (secondary N) is 1. The van der Waals surface area contributed by atoms with E-state index in [-0.39, 0.29) is 11.0 Å². The molecule has 1 N–H and O–H groups in total. The molecule has 0 radical (unpaired) electrons. The van der Waals surface area contributed by atoms with Crippen LogP contribution in [-0.2, 0) is 21.3 Å². The van der Waals surface area contributed by atoms with E-state index in [4.69, 9.17) is 16.3 Å². The van der Waals surface area contributed by atoms with E-state index in [1.807, 2.05) is 7.05 Å². The smallest absolute Gasteiger partial charge is 0.243 e. The molecule has 0 aromatic heterocycles. The highest BCUT2D eigenvalue weighted by Crippen LogP contribution is 2.25. The Morgan fingerprint density at radius 2 is 2.05 bits per heavy atom. The van der Waals surface area contributed by atoms with Gasteiger partial charge in [-0.2, -0.15) is 4.31 Å². The van der Waals surface area contributed by atoms with Crippen molar-refractivity contribution in [3.8, 4) is 0 Å². The molecule has 0 unspecified atom stereocenters. The highest BCUT2D eigenvalue weighted by molar-refractivity contribution is 7.89. The standard InChI is InChI=1S/C14H21ClN2O3S/c1-16-10-11-3-4-13(9-14(11)15)21(18,19)17-7-5-12(20-2)6-8-17/h3-4,9,12,16H,5-8,10H2,1-2H3. The Morgan fingerprint density at radius 3 is 2.57 bits per heavy atom. The van der Waals surface area contributed by atoms with Gasteiger partial charge in [-0.15, -0.1) is 0 Å². The lowest BCUT2D eigenvalue weighted by molar-refractivity contribution is 0.0604. The molecule has 1 aliphatic heterocycles. The Labute approximate surface area is 131 Å². The van der Waals surface area contributed by atoms with Crippen LogP contribution in [0.3, 0.4) is 0 Å². The second kappa shape index (κ2) is 7.07. The van der Waals surface area contributed by atoms with E-state index in [0.717, 1.165) is 18.4 Å². The van der Waals surface area contributed by atoms with Crippen molar-refractivity contribution in [2.24, 2.45) is 0 Å². The predicted octanol–water partition coefficient (Wildman–Crippen LogP) is 1.86. The Balaban J connectivity index is 2.18. The summed E-state index contributed by atoms with van der Waals surface area (Å²) in [6.45, 7) is 1.58. The van der Waals surface area contributed by atoms with Crippen LogP contribution in [0, 0.1) is 0 Å². The van der Waals surface area contributed by atoms with E-state index in [1.54, 1.807) is 19.2 Å². The first-order valence-electron chi connectivity index (χ1n) is 6.95. The Kier molecular flexibility index (Phi) is 5.62. The molecule has 1 aromatic rings. The van der Waals surface area contributed by atoms with Crippen LogP contribution in [0.2, 0.25) is 5.02 Å². The fraction of sp³-hybridized carbons (Fsp3) is 0.571. The van der Waals surface area contributed by atoms with E-state index in [0.29, 0.717) is 24.7 Å². The van der Waals surface area contributed by atoms with E-state index in [2.05, 4.69) is 5.32 Å². The van der Waals surface area contributed by atoms with Crippen LogP contribution in [0.25, 0.3) is 0 Å². The summed E-state index contributed by atoms with van der Waals surface area (Å²) < 4.78 is 32.0. The molecule has 0 bridgehead atoms. The summed E-state index contributed by atoms with van der Waals surface area (Å²) in [5.74, 6) is 0. The van der Waals surface area contributed by atoms with Gasteiger partial charge in [0.05, 0.1) is 11.0 Å². The minimum absolute atomic E-state index is 0.151. The fourth-order valence-electron chi connectivity index (χ4n) is 2.48. The molecule has 0 atom stereocenters. The topological polar surface area (TPSA) is 58.6 Å². The first-order valence-corrected chi connectivity index (χ1v) is 8.77. The van der Waals surface area contributed by atoms with Crippen molar-refractivity contribution in [2.75, 3.05) is 27.2 Å². The maximum Gasteiger partial charge on any atom is 0.243 e. The van der Waals surface area contributed by atoms with Crippen LogP contribution < -0.4 is 5.32 Å². The number of ether oxygens (including phenoxy) is 1. The van der Waals surface area contributed by atoms with Gasteiger partial charge in [-0.05, 0) is 37.6 Å². The lowest BCUT2D eigenvalue weighted by atomic mass is 10.1. The second-order valence-corrected chi connectivity index (χ2v) is 7.47. The van der Waals surface area contributed by atoms with Gasteiger partial charge in [0.2, 0.25) is 10.0 Å². The Hall–Kier alpha value is -0.660. The molecule has 21 heavy (non-hydrogen) atoms. The van der Waals surface area contributed by atoms with Gasteiger partial charge in [0.1, 0.15) is 0 Å². The number of piperidine rings is 1. The van der Waals surface area contributed by atoms with E-state index >= 15 is 0 Å². The van der Waals surface area contributed by atoms with Crippen molar-refractivity contribution in [1.29, 1.82) is 0 Å². The van der Waals surface area contributed by atoms with Gasteiger partial charge < -0.3 is 10.1 Å².